The van der Waals surface area contributed by atoms with Gasteiger partial charge in [0, 0.05) is 30.7 Å². The van der Waals surface area contributed by atoms with Crippen molar-refractivity contribution in [1.29, 1.82) is 0 Å². The van der Waals surface area contributed by atoms with Gasteiger partial charge >= 0.3 is 0 Å². The zero-order chi connectivity index (χ0) is 16.6. The molecule has 5 rings (SSSR count). The molecular formula is C19H18N4O2. The minimum atomic E-state index is 0.169. The zero-order valence-corrected chi connectivity index (χ0v) is 13.8. The van der Waals surface area contributed by atoms with Crippen molar-refractivity contribution in [3.63, 3.8) is 0 Å². The predicted octanol–water partition coefficient (Wildman–Crippen LogP) is 2.89. The first-order chi connectivity index (χ1) is 12.4. The number of rotatable bonds is 3. The maximum atomic E-state index is 6.04. The number of nitrogens with zero attached hydrogens (tertiary/aromatic N) is 4. The third kappa shape index (κ3) is 2.68. The van der Waals surface area contributed by atoms with Crippen LogP contribution in [0.2, 0.25) is 0 Å². The average molecular weight is 334 g/mol. The van der Waals surface area contributed by atoms with E-state index in [1.165, 1.54) is 11.1 Å². The average Bonchev–Trinajstić information content (AvgIpc) is 3.28. The minimum absolute atomic E-state index is 0.169. The topological polar surface area (TPSA) is 61.0 Å². The summed E-state index contributed by atoms with van der Waals surface area (Å²) in [6, 6.07) is 10.2. The fraction of sp³-hybridized carbons (Fsp3) is 0.316. The molecule has 4 heterocycles. The van der Waals surface area contributed by atoms with Crippen molar-refractivity contribution < 1.29 is 9.47 Å². The van der Waals surface area contributed by atoms with E-state index >= 15 is 0 Å². The molecule has 0 saturated carbocycles. The molecular weight excluding hydrogens is 316 g/mol. The monoisotopic (exact) mass is 334 g/mol. The Balaban J connectivity index is 1.50. The van der Waals surface area contributed by atoms with Crippen LogP contribution in [0.15, 0.2) is 41.5 Å². The van der Waals surface area contributed by atoms with Gasteiger partial charge in [-0.15, -0.1) is 5.10 Å². The third-order valence-corrected chi connectivity index (χ3v) is 4.72. The molecule has 126 valence electrons. The number of fused-ring (bicyclic) bond motifs is 2. The lowest BCUT2D eigenvalue weighted by atomic mass is 10.0. The molecule has 0 amide bonds. The molecule has 0 radical (unpaired) electrons. The largest absolute Gasteiger partial charge is 0.473 e. The maximum Gasteiger partial charge on any atom is 0.232 e. The number of aliphatic imine (C=N–C) groups is 1. The summed E-state index contributed by atoms with van der Waals surface area (Å²) in [6.45, 7) is 2.24. The molecule has 6 heteroatoms. The normalized spacial score (nSPS) is 17.1. The Morgan fingerprint density at radius 1 is 1.12 bits per heavy atom. The number of imidazole rings is 1. The molecule has 0 spiro atoms. The number of ether oxygens (including phenoxy) is 2. The fourth-order valence-electron chi connectivity index (χ4n) is 3.35. The molecule has 6 nitrogen and oxygen atoms in total. The number of aromatic nitrogens is 3. The molecule has 2 aromatic heterocycles. The van der Waals surface area contributed by atoms with Crippen LogP contribution in [0.4, 0.5) is 0 Å². The van der Waals surface area contributed by atoms with Gasteiger partial charge in [-0.1, -0.05) is 12.1 Å². The van der Waals surface area contributed by atoms with Crippen LogP contribution in [0.25, 0.3) is 16.9 Å². The maximum absolute atomic E-state index is 6.04. The SMILES string of the molecule is C1=NCc2cc(-c3cnc4ccc(OC5CCOCC5)nn34)ccc21. The summed E-state index contributed by atoms with van der Waals surface area (Å²) < 4.78 is 13.3. The quantitative estimate of drug-likeness (QED) is 0.739. The first-order valence-corrected chi connectivity index (χ1v) is 8.59. The van der Waals surface area contributed by atoms with E-state index < -0.39 is 0 Å². The molecule has 1 aromatic carbocycles. The lowest BCUT2D eigenvalue weighted by Crippen LogP contribution is -2.26. The van der Waals surface area contributed by atoms with Gasteiger partial charge < -0.3 is 9.47 Å². The lowest BCUT2D eigenvalue weighted by Gasteiger charge is -2.22. The molecule has 0 atom stereocenters. The van der Waals surface area contributed by atoms with Gasteiger partial charge in [-0.25, -0.2) is 9.50 Å². The fourth-order valence-corrected chi connectivity index (χ4v) is 3.35. The van der Waals surface area contributed by atoms with E-state index in [4.69, 9.17) is 9.47 Å². The highest BCUT2D eigenvalue weighted by Crippen LogP contribution is 2.26. The second-order valence-corrected chi connectivity index (χ2v) is 6.40. The van der Waals surface area contributed by atoms with Crippen molar-refractivity contribution in [3.8, 4) is 17.1 Å². The summed E-state index contributed by atoms with van der Waals surface area (Å²) in [4.78, 5) is 8.79. The van der Waals surface area contributed by atoms with Gasteiger partial charge in [0.1, 0.15) is 6.10 Å². The summed E-state index contributed by atoms with van der Waals surface area (Å²) in [7, 11) is 0. The summed E-state index contributed by atoms with van der Waals surface area (Å²) in [6.07, 6.45) is 5.76. The molecule has 2 aliphatic heterocycles. The Labute approximate surface area is 145 Å². The zero-order valence-electron chi connectivity index (χ0n) is 13.8. The Kier molecular flexibility index (Phi) is 3.48. The van der Waals surface area contributed by atoms with Gasteiger partial charge in [-0.05, 0) is 23.3 Å². The number of benzene rings is 1. The summed E-state index contributed by atoms with van der Waals surface area (Å²) in [5.74, 6) is 0.628. The Morgan fingerprint density at radius 2 is 2.04 bits per heavy atom. The molecule has 25 heavy (non-hydrogen) atoms. The molecule has 0 unspecified atom stereocenters. The molecule has 0 bridgehead atoms. The van der Waals surface area contributed by atoms with Crippen molar-refractivity contribution in [2.45, 2.75) is 25.5 Å². The van der Waals surface area contributed by atoms with Crippen LogP contribution in [0.1, 0.15) is 24.0 Å². The summed E-state index contributed by atoms with van der Waals surface area (Å²) in [5.41, 5.74) is 5.29. The van der Waals surface area contributed by atoms with Crippen LogP contribution >= 0.6 is 0 Å². The van der Waals surface area contributed by atoms with Gasteiger partial charge in [0.2, 0.25) is 5.88 Å². The van der Waals surface area contributed by atoms with Crippen molar-refractivity contribution in [3.05, 3.63) is 47.7 Å². The van der Waals surface area contributed by atoms with E-state index in [-0.39, 0.29) is 6.10 Å². The summed E-state index contributed by atoms with van der Waals surface area (Å²) in [5, 5.41) is 4.66. The first kappa shape index (κ1) is 14.6. The summed E-state index contributed by atoms with van der Waals surface area (Å²) >= 11 is 0. The van der Waals surface area contributed by atoms with Crippen molar-refractivity contribution >= 4 is 11.9 Å². The van der Waals surface area contributed by atoms with Gasteiger partial charge in [0.25, 0.3) is 0 Å². The molecule has 3 aromatic rings. The van der Waals surface area contributed by atoms with E-state index in [9.17, 15) is 0 Å². The van der Waals surface area contributed by atoms with Crippen LogP contribution in [-0.4, -0.2) is 40.1 Å². The first-order valence-electron chi connectivity index (χ1n) is 8.59. The van der Waals surface area contributed by atoms with Gasteiger partial charge in [-0.3, -0.25) is 4.99 Å². The van der Waals surface area contributed by atoms with E-state index in [0.717, 1.165) is 49.5 Å². The molecule has 2 aliphatic rings. The highest BCUT2D eigenvalue weighted by atomic mass is 16.5. The molecule has 1 saturated heterocycles. The van der Waals surface area contributed by atoms with Crippen LogP contribution < -0.4 is 4.74 Å². The smallest absolute Gasteiger partial charge is 0.232 e. The van der Waals surface area contributed by atoms with E-state index in [0.29, 0.717) is 5.88 Å². The number of hydrogen-bond acceptors (Lipinski definition) is 5. The number of hydrogen-bond donors (Lipinski definition) is 0. The highest BCUT2D eigenvalue weighted by molar-refractivity contribution is 5.85. The van der Waals surface area contributed by atoms with E-state index in [1.807, 2.05) is 29.1 Å². The minimum Gasteiger partial charge on any atom is -0.473 e. The lowest BCUT2D eigenvalue weighted by molar-refractivity contribution is 0.0232. The molecule has 1 fully saturated rings. The van der Waals surface area contributed by atoms with Crippen LogP contribution in [0.3, 0.4) is 0 Å². The highest BCUT2D eigenvalue weighted by Gasteiger charge is 2.17. The second kappa shape index (κ2) is 5.97. The second-order valence-electron chi connectivity index (χ2n) is 6.40. The van der Waals surface area contributed by atoms with Crippen molar-refractivity contribution in [1.82, 2.24) is 14.6 Å². The Hall–Kier alpha value is -2.73. The van der Waals surface area contributed by atoms with E-state index in [2.05, 4.69) is 33.3 Å². The van der Waals surface area contributed by atoms with Gasteiger partial charge in [0.15, 0.2) is 5.65 Å². The van der Waals surface area contributed by atoms with Crippen LogP contribution in [0, 0.1) is 0 Å². The predicted molar refractivity (Wildman–Crippen MR) is 94.2 cm³/mol. The van der Waals surface area contributed by atoms with Crippen LogP contribution in [0.5, 0.6) is 5.88 Å². The third-order valence-electron chi connectivity index (χ3n) is 4.72. The Bertz CT molecular complexity index is 957. The van der Waals surface area contributed by atoms with E-state index in [1.54, 1.807) is 0 Å². The molecule has 0 aliphatic carbocycles. The standard InChI is InChI=1S/C19H18N4O2/c1-2-14-10-20-11-15(14)9-13(1)17-12-21-18-3-4-19(22-23(17)18)25-16-5-7-24-8-6-16/h1-4,9-10,12,16H,5-8,11H2. The van der Waals surface area contributed by atoms with Gasteiger partial charge in [0.05, 0.1) is 31.6 Å². The van der Waals surface area contributed by atoms with Crippen molar-refractivity contribution in [2.75, 3.05) is 13.2 Å². The van der Waals surface area contributed by atoms with Gasteiger partial charge in [-0.2, -0.15) is 0 Å². The van der Waals surface area contributed by atoms with Crippen LogP contribution in [-0.2, 0) is 11.3 Å². The molecule has 0 N–H and O–H groups in total. The Morgan fingerprint density at radius 3 is 2.96 bits per heavy atom. The van der Waals surface area contributed by atoms with Crippen molar-refractivity contribution in [2.24, 2.45) is 4.99 Å².